The van der Waals surface area contributed by atoms with Gasteiger partial charge >= 0.3 is 11.9 Å². The molecule has 0 radical (unpaired) electrons. The van der Waals surface area contributed by atoms with Crippen molar-refractivity contribution in [3.8, 4) is 0 Å². The Hall–Kier alpha value is -1.50. The van der Waals surface area contributed by atoms with Crippen LogP contribution in [0.2, 0.25) is 0 Å². The molecule has 2 heterocycles. The summed E-state index contributed by atoms with van der Waals surface area (Å²) in [5.41, 5.74) is 0. The summed E-state index contributed by atoms with van der Waals surface area (Å²) < 4.78 is 33.5. The maximum atomic E-state index is 12.9. The molecule has 0 saturated carbocycles. The summed E-state index contributed by atoms with van der Waals surface area (Å²) in [5.74, 6) is -0.912. The maximum absolute atomic E-state index is 12.9. The molecule has 0 spiro atoms. The van der Waals surface area contributed by atoms with Crippen molar-refractivity contribution in [2.24, 2.45) is 0 Å². The van der Waals surface area contributed by atoms with Gasteiger partial charge in [0, 0.05) is 12.8 Å². The molecule has 15 heteroatoms. The number of esters is 2. The van der Waals surface area contributed by atoms with Gasteiger partial charge in [-0.15, -0.1) is 0 Å². The van der Waals surface area contributed by atoms with Gasteiger partial charge in [-0.3, -0.25) is 9.59 Å². The van der Waals surface area contributed by atoms with Crippen LogP contribution in [0.4, 0.5) is 0 Å². The number of aliphatic hydroxyl groups is 7. The molecule has 0 amide bonds. The van der Waals surface area contributed by atoms with E-state index in [0.717, 1.165) is 38.5 Å². The molecule has 11 atom stereocenters. The van der Waals surface area contributed by atoms with Crippen molar-refractivity contribution in [1.29, 1.82) is 0 Å². The molecule has 0 bridgehead atoms. The van der Waals surface area contributed by atoms with Gasteiger partial charge in [0.1, 0.15) is 55.4 Å². The summed E-state index contributed by atoms with van der Waals surface area (Å²) >= 11 is 0. The highest BCUT2D eigenvalue weighted by molar-refractivity contribution is 5.70. The average Bonchev–Trinajstić information content (AvgIpc) is 3.32. The summed E-state index contributed by atoms with van der Waals surface area (Å²) in [6.45, 7) is 2.60. The largest absolute Gasteiger partial charge is 0.462 e. The lowest BCUT2D eigenvalue weighted by atomic mass is 9.98. The number of hydrogen-bond acceptors (Lipinski definition) is 15. The van der Waals surface area contributed by atoms with E-state index in [4.69, 9.17) is 28.4 Å². The molecule has 0 aliphatic carbocycles. The number of ether oxygens (including phenoxy) is 6. The first-order valence-electron chi connectivity index (χ1n) is 27.1. The lowest BCUT2D eigenvalue weighted by Gasteiger charge is -2.42. The fourth-order valence-electron chi connectivity index (χ4n) is 8.87. The quantitative estimate of drug-likeness (QED) is 0.0227. The van der Waals surface area contributed by atoms with Crippen LogP contribution in [0.1, 0.15) is 226 Å². The fraction of sp³-hybridized carbons (Fsp3) is 0.962. The molecule has 2 aliphatic rings. The summed E-state index contributed by atoms with van der Waals surface area (Å²) in [4.78, 5) is 25.7. The van der Waals surface area contributed by atoms with E-state index in [1.807, 2.05) is 0 Å². The van der Waals surface area contributed by atoms with Crippen molar-refractivity contribution >= 4 is 11.9 Å². The number of carbonyl (C=O) groups is 2. The zero-order chi connectivity index (χ0) is 48.9. The van der Waals surface area contributed by atoms with Crippen LogP contribution in [0, 0.1) is 0 Å². The standard InChI is InChI=1S/C52H98O15/c1-3-5-7-9-11-13-14-15-16-17-18-19-20-21-22-23-24-25-27-28-30-32-34-43(54)62-37-40(65-44(55)35-33-31-29-26-12-10-8-6-4-2)38-63-51-50(61)48(59)46(57)42(67-51)39-64-52-49(60)47(58)45(56)41(36-53)66-52/h40-42,45-53,56-61H,3-39H2,1-2H3/t40-,41+,42+,45-,46-,47?,48?,49?,50?,51+,52+/m0/s1. The molecule has 0 aromatic carbocycles. The van der Waals surface area contributed by atoms with Crippen molar-refractivity contribution in [3.05, 3.63) is 0 Å². The Morgan fingerprint density at radius 2 is 0.761 bits per heavy atom. The minimum atomic E-state index is -1.76. The molecule has 15 nitrogen and oxygen atoms in total. The minimum Gasteiger partial charge on any atom is -0.462 e. The first-order chi connectivity index (χ1) is 32.5. The maximum Gasteiger partial charge on any atom is 0.306 e. The van der Waals surface area contributed by atoms with Crippen LogP contribution in [0.5, 0.6) is 0 Å². The average molecular weight is 963 g/mol. The molecule has 2 rings (SSSR count). The second-order valence-corrected chi connectivity index (χ2v) is 19.4. The zero-order valence-corrected chi connectivity index (χ0v) is 41.9. The zero-order valence-electron chi connectivity index (χ0n) is 41.9. The molecule has 2 aliphatic heterocycles. The van der Waals surface area contributed by atoms with Crippen molar-refractivity contribution in [1.82, 2.24) is 0 Å². The Balaban J connectivity index is 1.70. The monoisotopic (exact) mass is 963 g/mol. The van der Waals surface area contributed by atoms with E-state index in [0.29, 0.717) is 12.8 Å². The number of aliphatic hydroxyl groups excluding tert-OH is 7. The summed E-state index contributed by atoms with van der Waals surface area (Å²) in [6, 6.07) is 0. The Bertz CT molecular complexity index is 1180. The molecule has 2 saturated heterocycles. The third kappa shape index (κ3) is 28.2. The lowest BCUT2D eigenvalue weighted by Crippen LogP contribution is -2.61. The van der Waals surface area contributed by atoms with Crippen molar-refractivity contribution in [2.75, 3.05) is 26.4 Å². The van der Waals surface area contributed by atoms with Crippen LogP contribution in [0.3, 0.4) is 0 Å². The van der Waals surface area contributed by atoms with E-state index in [1.54, 1.807) is 0 Å². The molecular weight excluding hydrogens is 865 g/mol. The van der Waals surface area contributed by atoms with Gasteiger partial charge in [0.15, 0.2) is 18.7 Å². The Morgan fingerprint density at radius 1 is 0.418 bits per heavy atom. The van der Waals surface area contributed by atoms with Crippen LogP contribution in [0.15, 0.2) is 0 Å². The topological polar surface area (TPSA) is 231 Å². The highest BCUT2D eigenvalue weighted by Crippen LogP contribution is 2.27. The summed E-state index contributed by atoms with van der Waals surface area (Å²) in [6.07, 6.45) is 21.6. The van der Waals surface area contributed by atoms with Crippen molar-refractivity contribution < 1.29 is 73.8 Å². The molecule has 0 aromatic rings. The van der Waals surface area contributed by atoms with Gasteiger partial charge in [-0.2, -0.15) is 0 Å². The lowest BCUT2D eigenvalue weighted by molar-refractivity contribution is -0.332. The number of rotatable bonds is 43. The molecule has 2 fully saturated rings. The highest BCUT2D eigenvalue weighted by atomic mass is 16.7. The van der Waals surface area contributed by atoms with Gasteiger partial charge < -0.3 is 64.2 Å². The first kappa shape index (κ1) is 61.6. The van der Waals surface area contributed by atoms with Crippen LogP contribution < -0.4 is 0 Å². The first-order valence-corrected chi connectivity index (χ1v) is 27.1. The predicted octanol–water partition coefficient (Wildman–Crippen LogP) is 8.00. The van der Waals surface area contributed by atoms with E-state index in [-0.39, 0.29) is 26.1 Å². The van der Waals surface area contributed by atoms with Gasteiger partial charge in [0.25, 0.3) is 0 Å². The predicted molar refractivity (Wildman–Crippen MR) is 257 cm³/mol. The van der Waals surface area contributed by atoms with E-state index >= 15 is 0 Å². The van der Waals surface area contributed by atoms with Gasteiger partial charge in [-0.05, 0) is 12.8 Å². The molecule has 396 valence electrons. The molecule has 0 aromatic heterocycles. The summed E-state index contributed by atoms with van der Waals surface area (Å²) in [5, 5.41) is 72.0. The van der Waals surface area contributed by atoms with Crippen molar-refractivity contribution in [2.45, 2.75) is 293 Å². The van der Waals surface area contributed by atoms with Crippen LogP contribution >= 0.6 is 0 Å². The number of hydrogen-bond donors (Lipinski definition) is 7. The van der Waals surface area contributed by atoms with Crippen LogP contribution in [0.25, 0.3) is 0 Å². The second kappa shape index (κ2) is 40.1. The Kier molecular flexibility index (Phi) is 36.9. The van der Waals surface area contributed by atoms with Crippen LogP contribution in [-0.4, -0.2) is 142 Å². The second-order valence-electron chi connectivity index (χ2n) is 19.4. The Morgan fingerprint density at radius 3 is 1.16 bits per heavy atom. The van der Waals surface area contributed by atoms with Gasteiger partial charge in [-0.25, -0.2) is 0 Å². The number of carbonyl (C=O) groups excluding carboxylic acids is 2. The van der Waals surface area contributed by atoms with E-state index < -0.39 is 92.7 Å². The molecule has 67 heavy (non-hydrogen) atoms. The fourth-order valence-corrected chi connectivity index (χ4v) is 8.87. The third-order valence-corrected chi connectivity index (χ3v) is 13.3. The SMILES string of the molecule is CCCCCCCCCCCCCCCCCCCCCCCCC(=O)OC[C@@H](CO[C@@H]1O[C@H](CO[C@@H]2O[C@H](CO)[C@H](O)C(O)C2O)[C@H](O)C(O)C1O)OC(=O)CCCCCCCCCCC. The third-order valence-electron chi connectivity index (χ3n) is 13.3. The molecular formula is C52H98O15. The van der Waals surface area contributed by atoms with E-state index in [9.17, 15) is 45.3 Å². The van der Waals surface area contributed by atoms with E-state index in [2.05, 4.69) is 13.8 Å². The smallest absolute Gasteiger partial charge is 0.306 e. The highest BCUT2D eigenvalue weighted by Gasteiger charge is 2.47. The minimum absolute atomic E-state index is 0.171. The Labute approximate surface area is 404 Å². The van der Waals surface area contributed by atoms with Crippen LogP contribution in [-0.2, 0) is 38.0 Å². The molecule has 4 unspecified atom stereocenters. The van der Waals surface area contributed by atoms with Gasteiger partial charge in [0.05, 0.1) is 19.8 Å². The number of unbranched alkanes of at least 4 members (excludes halogenated alkanes) is 29. The van der Waals surface area contributed by atoms with Gasteiger partial charge in [0.2, 0.25) is 0 Å². The van der Waals surface area contributed by atoms with Crippen molar-refractivity contribution in [3.63, 3.8) is 0 Å². The van der Waals surface area contributed by atoms with E-state index in [1.165, 1.54) is 148 Å². The summed E-state index contributed by atoms with van der Waals surface area (Å²) in [7, 11) is 0. The molecule has 7 N–H and O–H groups in total. The normalized spacial score (nSPS) is 25.9. The van der Waals surface area contributed by atoms with Gasteiger partial charge in [-0.1, -0.05) is 200 Å².